The van der Waals surface area contributed by atoms with Gasteiger partial charge in [-0.2, -0.15) is 0 Å². The van der Waals surface area contributed by atoms with Crippen molar-refractivity contribution in [3.63, 3.8) is 0 Å². The van der Waals surface area contributed by atoms with Crippen LogP contribution in [0.3, 0.4) is 0 Å². The van der Waals surface area contributed by atoms with Crippen molar-refractivity contribution in [3.8, 4) is 11.5 Å². The Hall–Kier alpha value is -2.30. The molecule has 0 atom stereocenters. The number of benzene rings is 1. The highest BCUT2D eigenvalue weighted by atomic mass is 32.1. The minimum absolute atomic E-state index is 0.474. The zero-order chi connectivity index (χ0) is 24.0. The standard InChI is InChI=1S/C30H34O2S2/c1-17(2)15-31-29-23-11-21(27-9-7-19(5)33-27)13-25(23)30(32-16-18(3)4)26-14-22(12-24(26)29)28-10-8-20(6)34-28/h7-11,14,17-18H,12-13,15-16H2,1-6H3. The van der Waals surface area contributed by atoms with Gasteiger partial charge in [-0.15, -0.1) is 22.7 Å². The van der Waals surface area contributed by atoms with Crippen LogP contribution < -0.4 is 9.47 Å². The minimum Gasteiger partial charge on any atom is -0.492 e. The van der Waals surface area contributed by atoms with Crippen LogP contribution in [0.1, 0.15) is 69.5 Å². The Morgan fingerprint density at radius 2 is 1.09 bits per heavy atom. The smallest absolute Gasteiger partial charge is 0.131 e. The van der Waals surface area contributed by atoms with E-state index in [9.17, 15) is 0 Å². The zero-order valence-electron chi connectivity index (χ0n) is 21.1. The molecule has 2 aliphatic rings. The molecule has 2 nitrogen and oxygen atoms in total. The van der Waals surface area contributed by atoms with Gasteiger partial charge in [0.15, 0.2) is 0 Å². The summed E-state index contributed by atoms with van der Waals surface area (Å²) in [4.78, 5) is 5.40. The van der Waals surface area contributed by atoms with E-state index in [2.05, 4.69) is 78.0 Å². The lowest BCUT2D eigenvalue weighted by molar-refractivity contribution is 0.260. The quantitative estimate of drug-likeness (QED) is 0.314. The van der Waals surface area contributed by atoms with Crippen LogP contribution in [0.2, 0.25) is 0 Å². The molecular weight excluding hydrogens is 456 g/mol. The van der Waals surface area contributed by atoms with Crippen molar-refractivity contribution in [1.82, 2.24) is 0 Å². The predicted octanol–water partition coefficient (Wildman–Crippen LogP) is 8.69. The van der Waals surface area contributed by atoms with Crippen molar-refractivity contribution in [2.75, 3.05) is 13.2 Å². The fraction of sp³-hybridized carbons (Fsp3) is 0.400. The van der Waals surface area contributed by atoms with Crippen LogP contribution in [0.4, 0.5) is 0 Å². The van der Waals surface area contributed by atoms with Gasteiger partial charge in [0.05, 0.1) is 13.2 Å². The van der Waals surface area contributed by atoms with Crippen LogP contribution in [0, 0.1) is 25.7 Å². The van der Waals surface area contributed by atoms with Gasteiger partial charge in [-0.05, 0) is 73.2 Å². The number of aryl methyl sites for hydroxylation is 2. The lowest BCUT2D eigenvalue weighted by Gasteiger charge is -2.21. The van der Waals surface area contributed by atoms with Crippen molar-refractivity contribution in [1.29, 1.82) is 0 Å². The van der Waals surface area contributed by atoms with Gasteiger partial charge in [-0.1, -0.05) is 27.7 Å². The summed E-state index contributed by atoms with van der Waals surface area (Å²) in [6.07, 6.45) is 6.53. The molecule has 5 rings (SSSR count). The van der Waals surface area contributed by atoms with E-state index < -0.39 is 0 Å². The molecule has 0 aliphatic heterocycles. The topological polar surface area (TPSA) is 18.5 Å². The number of thiophene rings is 2. The number of rotatable bonds is 8. The molecule has 178 valence electrons. The van der Waals surface area contributed by atoms with Gasteiger partial charge in [0.1, 0.15) is 11.5 Å². The maximum Gasteiger partial charge on any atom is 0.131 e. The normalized spacial score (nSPS) is 14.5. The molecule has 0 spiro atoms. The Balaban J connectivity index is 1.64. The molecule has 2 heterocycles. The summed E-state index contributed by atoms with van der Waals surface area (Å²) in [7, 11) is 0. The van der Waals surface area contributed by atoms with Crippen LogP contribution in [-0.2, 0) is 12.8 Å². The van der Waals surface area contributed by atoms with E-state index in [-0.39, 0.29) is 0 Å². The molecule has 0 bridgehead atoms. The highest BCUT2D eigenvalue weighted by Gasteiger charge is 2.32. The molecule has 0 radical (unpaired) electrons. The average molecular weight is 491 g/mol. The minimum atomic E-state index is 0.474. The third-order valence-corrected chi connectivity index (χ3v) is 8.45. The molecule has 34 heavy (non-hydrogen) atoms. The molecule has 0 unspecified atom stereocenters. The highest BCUT2D eigenvalue weighted by Crippen LogP contribution is 2.52. The molecule has 0 amide bonds. The number of hydrogen-bond acceptors (Lipinski definition) is 4. The first-order valence-corrected chi connectivity index (χ1v) is 14.0. The Morgan fingerprint density at radius 1 is 0.676 bits per heavy atom. The van der Waals surface area contributed by atoms with E-state index >= 15 is 0 Å². The number of hydrogen-bond donors (Lipinski definition) is 0. The van der Waals surface area contributed by atoms with E-state index in [0.717, 1.165) is 37.6 Å². The van der Waals surface area contributed by atoms with E-state index in [0.29, 0.717) is 11.8 Å². The third kappa shape index (κ3) is 4.50. The fourth-order valence-electron chi connectivity index (χ4n) is 4.69. The predicted molar refractivity (Wildman–Crippen MR) is 148 cm³/mol. The Kier molecular flexibility index (Phi) is 6.47. The molecule has 1 aromatic carbocycles. The third-order valence-electron chi connectivity index (χ3n) is 6.29. The summed E-state index contributed by atoms with van der Waals surface area (Å²) >= 11 is 3.74. The van der Waals surface area contributed by atoms with E-state index in [1.807, 2.05) is 22.7 Å². The van der Waals surface area contributed by atoms with Gasteiger partial charge < -0.3 is 9.47 Å². The summed E-state index contributed by atoms with van der Waals surface area (Å²) in [5.74, 6) is 3.08. The molecule has 0 fully saturated rings. The fourth-order valence-corrected chi connectivity index (χ4v) is 6.45. The molecule has 0 N–H and O–H groups in total. The van der Waals surface area contributed by atoms with Gasteiger partial charge in [-0.3, -0.25) is 0 Å². The van der Waals surface area contributed by atoms with E-state index in [1.54, 1.807) is 0 Å². The maximum absolute atomic E-state index is 6.59. The van der Waals surface area contributed by atoms with Crippen LogP contribution >= 0.6 is 22.7 Å². The Labute approximate surface area is 212 Å². The largest absolute Gasteiger partial charge is 0.492 e. The van der Waals surface area contributed by atoms with Gasteiger partial charge in [0.25, 0.3) is 0 Å². The van der Waals surface area contributed by atoms with Crippen molar-refractivity contribution in [2.45, 2.75) is 54.4 Å². The van der Waals surface area contributed by atoms with Crippen LogP contribution in [0.5, 0.6) is 11.5 Å². The summed E-state index contributed by atoms with van der Waals surface area (Å²) in [5.41, 5.74) is 7.79. The van der Waals surface area contributed by atoms with Crippen molar-refractivity contribution in [3.05, 3.63) is 66.0 Å². The number of ether oxygens (including phenoxy) is 2. The SMILES string of the molecule is Cc1ccc(C2=Cc3c(c(OCC(C)C)c4c(c3OCC(C)C)CC(c3ccc(C)s3)=C4)C2)s1. The second-order valence-electron chi connectivity index (χ2n) is 10.4. The van der Waals surface area contributed by atoms with Gasteiger partial charge in [0.2, 0.25) is 0 Å². The second-order valence-corrected chi connectivity index (χ2v) is 12.9. The maximum atomic E-state index is 6.59. The lowest BCUT2D eigenvalue weighted by Crippen LogP contribution is -2.11. The van der Waals surface area contributed by atoms with E-state index in [4.69, 9.17) is 9.47 Å². The monoisotopic (exact) mass is 490 g/mol. The summed E-state index contributed by atoms with van der Waals surface area (Å²) in [6.45, 7) is 14.7. The molecular formula is C30H34O2S2. The highest BCUT2D eigenvalue weighted by molar-refractivity contribution is 7.13. The van der Waals surface area contributed by atoms with Gasteiger partial charge in [0, 0.05) is 54.6 Å². The van der Waals surface area contributed by atoms with Gasteiger partial charge in [-0.25, -0.2) is 0 Å². The molecule has 2 aliphatic carbocycles. The summed E-state index contributed by atoms with van der Waals surface area (Å²) in [5, 5.41) is 0. The summed E-state index contributed by atoms with van der Waals surface area (Å²) < 4.78 is 13.2. The van der Waals surface area contributed by atoms with E-state index in [1.165, 1.54) is 52.9 Å². The van der Waals surface area contributed by atoms with Crippen LogP contribution in [0.25, 0.3) is 23.3 Å². The van der Waals surface area contributed by atoms with Crippen LogP contribution in [0.15, 0.2) is 24.3 Å². The Morgan fingerprint density at radius 3 is 1.41 bits per heavy atom. The first kappa shape index (κ1) is 23.4. The lowest BCUT2D eigenvalue weighted by atomic mass is 9.97. The van der Waals surface area contributed by atoms with Crippen molar-refractivity contribution >= 4 is 46.0 Å². The first-order valence-electron chi connectivity index (χ1n) is 12.3. The molecule has 4 heteroatoms. The Bertz CT molecular complexity index is 1180. The van der Waals surface area contributed by atoms with Crippen molar-refractivity contribution < 1.29 is 9.47 Å². The molecule has 0 saturated heterocycles. The van der Waals surface area contributed by atoms with Gasteiger partial charge >= 0.3 is 0 Å². The number of allylic oxidation sites excluding steroid dienone is 2. The molecule has 3 aromatic rings. The first-order chi connectivity index (χ1) is 16.3. The molecule has 2 aromatic heterocycles. The van der Waals surface area contributed by atoms with Crippen molar-refractivity contribution in [2.24, 2.45) is 11.8 Å². The average Bonchev–Trinajstić information content (AvgIpc) is 3.55. The zero-order valence-corrected chi connectivity index (χ0v) is 22.7. The number of fused-ring (bicyclic) bond motifs is 2. The second kappa shape index (κ2) is 9.39. The summed E-state index contributed by atoms with van der Waals surface area (Å²) in [6, 6.07) is 8.94. The van der Waals surface area contributed by atoms with Crippen LogP contribution in [-0.4, -0.2) is 13.2 Å². The molecule has 0 saturated carbocycles.